The van der Waals surface area contributed by atoms with Gasteiger partial charge in [-0.25, -0.2) is 0 Å². The molecule has 0 heterocycles. The number of hydrogen-bond acceptors (Lipinski definition) is 0. The zero-order valence-electron chi connectivity index (χ0n) is 11.8. The lowest BCUT2D eigenvalue weighted by atomic mass is 9.77. The van der Waals surface area contributed by atoms with Gasteiger partial charge in [0.2, 0.25) is 0 Å². The van der Waals surface area contributed by atoms with Crippen molar-refractivity contribution in [2.24, 2.45) is 5.41 Å². The van der Waals surface area contributed by atoms with Crippen LogP contribution in [0, 0.1) is 5.41 Å². The first-order valence-corrected chi connectivity index (χ1v) is 7.24. The minimum Gasteiger partial charge on any atom is -0.0654 e. The van der Waals surface area contributed by atoms with Gasteiger partial charge >= 0.3 is 0 Å². The molecule has 0 radical (unpaired) electrons. The van der Waals surface area contributed by atoms with E-state index in [9.17, 15) is 0 Å². The van der Waals surface area contributed by atoms with Gasteiger partial charge in [0.05, 0.1) is 0 Å². The van der Waals surface area contributed by atoms with Crippen LogP contribution < -0.4 is 0 Å². The van der Waals surface area contributed by atoms with Crippen molar-refractivity contribution in [3.8, 4) is 0 Å². The smallest absolute Gasteiger partial charge is 0.0279 e. The Hall–Kier alpha value is -0.780. The molecular weight excluding hydrogens is 204 g/mol. The molecule has 0 spiro atoms. The summed E-state index contributed by atoms with van der Waals surface area (Å²) in [6.07, 6.45) is 9.36. The van der Waals surface area contributed by atoms with Gasteiger partial charge in [-0.15, -0.1) is 0 Å². The third-order valence-electron chi connectivity index (χ3n) is 3.80. The summed E-state index contributed by atoms with van der Waals surface area (Å²) in [5, 5.41) is 0. The predicted octanol–water partition coefficient (Wildman–Crippen LogP) is 5.62. The number of aryl methyl sites for hydroxylation is 1. The molecule has 0 bridgehead atoms. The Morgan fingerprint density at radius 1 is 0.882 bits per heavy atom. The fourth-order valence-electron chi connectivity index (χ4n) is 2.95. The Morgan fingerprint density at radius 2 is 1.47 bits per heavy atom. The van der Waals surface area contributed by atoms with Gasteiger partial charge in [0, 0.05) is 0 Å². The van der Waals surface area contributed by atoms with Gasteiger partial charge < -0.3 is 0 Å². The molecule has 0 heteroatoms. The fraction of sp³-hybridized carbons (Fsp3) is 0.647. The Morgan fingerprint density at radius 3 is 2.00 bits per heavy atom. The fourth-order valence-corrected chi connectivity index (χ4v) is 2.95. The van der Waals surface area contributed by atoms with Crippen LogP contribution in [0.25, 0.3) is 0 Å². The van der Waals surface area contributed by atoms with E-state index >= 15 is 0 Å². The lowest BCUT2D eigenvalue weighted by molar-refractivity contribution is 0.238. The van der Waals surface area contributed by atoms with E-state index in [1.165, 1.54) is 50.5 Å². The molecule has 0 aliphatic carbocycles. The highest BCUT2D eigenvalue weighted by Crippen LogP contribution is 2.34. The highest BCUT2D eigenvalue weighted by molar-refractivity contribution is 5.14. The molecule has 0 amide bonds. The molecular formula is C17H28. The Kier molecular flexibility index (Phi) is 6.32. The topological polar surface area (TPSA) is 0 Å². The van der Waals surface area contributed by atoms with Crippen molar-refractivity contribution >= 4 is 0 Å². The van der Waals surface area contributed by atoms with Crippen LogP contribution in [-0.4, -0.2) is 0 Å². The van der Waals surface area contributed by atoms with E-state index in [1.54, 1.807) is 0 Å². The van der Waals surface area contributed by atoms with E-state index in [2.05, 4.69) is 51.1 Å². The molecule has 0 saturated carbocycles. The first-order valence-electron chi connectivity index (χ1n) is 7.24. The predicted molar refractivity (Wildman–Crippen MR) is 77.3 cm³/mol. The van der Waals surface area contributed by atoms with Gasteiger partial charge in [0.1, 0.15) is 0 Å². The maximum absolute atomic E-state index is 2.48. The maximum Gasteiger partial charge on any atom is -0.0279 e. The minimum atomic E-state index is 0.582. The van der Waals surface area contributed by atoms with Gasteiger partial charge in [-0.1, -0.05) is 63.9 Å². The SMILES string of the molecule is CCCC(C)(CCC)CCCc1ccccc1. The molecule has 96 valence electrons. The van der Waals surface area contributed by atoms with E-state index in [-0.39, 0.29) is 0 Å². The lowest BCUT2D eigenvalue weighted by Gasteiger charge is -2.29. The van der Waals surface area contributed by atoms with Crippen LogP contribution in [0.4, 0.5) is 0 Å². The van der Waals surface area contributed by atoms with Gasteiger partial charge in [-0.2, -0.15) is 0 Å². The molecule has 0 fully saturated rings. The van der Waals surface area contributed by atoms with Gasteiger partial charge in [0.15, 0.2) is 0 Å². The van der Waals surface area contributed by atoms with Crippen LogP contribution in [-0.2, 0) is 6.42 Å². The molecule has 0 aliphatic heterocycles. The molecule has 1 aromatic carbocycles. The Bertz CT molecular complexity index is 280. The second kappa shape index (κ2) is 7.53. The molecule has 0 N–H and O–H groups in total. The standard InChI is InChI=1S/C17H28/c1-4-13-17(3,14-5-2)15-9-12-16-10-7-6-8-11-16/h6-8,10-11H,4-5,9,12-15H2,1-3H3. The van der Waals surface area contributed by atoms with E-state index in [4.69, 9.17) is 0 Å². The second-order valence-corrected chi connectivity index (χ2v) is 5.65. The lowest BCUT2D eigenvalue weighted by Crippen LogP contribution is -2.16. The monoisotopic (exact) mass is 232 g/mol. The largest absolute Gasteiger partial charge is 0.0654 e. The molecule has 0 saturated heterocycles. The van der Waals surface area contributed by atoms with Crippen molar-refractivity contribution in [3.05, 3.63) is 35.9 Å². The Balaban J connectivity index is 2.37. The molecule has 0 unspecified atom stereocenters. The molecule has 17 heavy (non-hydrogen) atoms. The van der Waals surface area contributed by atoms with E-state index in [1.807, 2.05) is 0 Å². The highest BCUT2D eigenvalue weighted by atomic mass is 14.3. The first-order chi connectivity index (χ1) is 8.20. The van der Waals surface area contributed by atoms with Gasteiger partial charge in [0.25, 0.3) is 0 Å². The molecule has 0 aliphatic rings. The van der Waals surface area contributed by atoms with Crippen molar-refractivity contribution in [2.45, 2.75) is 65.7 Å². The summed E-state index contributed by atoms with van der Waals surface area (Å²) in [5.41, 5.74) is 2.07. The average molecular weight is 232 g/mol. The normalized spacial score (nSPS) is 11.7. The zero-order chi connectivity index (χ0) is 12.6. The van der Waals surface area contributed by atoms with Crippen molar-refractivity contribution < 1.29 is 0 Å². The number of rotatable bonds is 8. The maximum atomic E-state index is 2.48. The number of benzene rings is 1. The summed E-state index contributed by atoms with van der Waals surface area (Å²) in [6.45, 7) is 7.10. The number of hydrogen-bond donors (Lipinski definition) is 0. The average Bonchev–Trinajstić information content (AvgIpc) is 2.31. The third-order valence-corrected chi connectivity index (χ3v) is 3.80. The summed E-state index contributed by atoms with van der Waals surface area (Å²) in [6, 6.07) is 10.9. The van der Waals surface area contributed by atoms with Crippen LogP contribution in [0.2, 0.25) is 0 Å². The highest BCUT2D eigenvalue weighted by Gasteiger charge is 2.21. The van der Waals surface area contributed by atoms with Crippen LogP contribution in [0.3, 0.4) is 0 Å². The van der Waals surface area contributed by atoms with E-state index in [0.717, 1.165) is 0 Å². The van der Waals surface area contributed by atoms with E-state index in [0.29, 0.717) is 5.41 Å². The molecule has 1 aromatic rings. The summed E-state index contributed by atoms with van der Waals surface area (Å²) >= 11 is 0. The van der Waals surface area contributed by atoms with Crippen molar-refractivity contribution in [1.82, 2.24) is 0 Å². The van der Waals surface area contributed by atoms with E-state index < -0.39 is 0 Å². The summed E-state index contributed by atoms with van der Waals surface area (Å²) in [5.74, 6) is 0. The zero-order valence-corrected chi connectivity index (χ0v) is 11.8. The van der Waals surface area contributed by atoms with Crippen molar-refractivity contribution in [2.75, 3.05) is 0 Å². The minimum absolute atomic E-state index is 0.582. The van der Waals surface area contributed by atoms with Gasteiger partial charge in [-0.05, 0) is 43.1 Å². The summed E-state index contributed by atoms with van der Waals surface area (Å²) in [4.78, 5) is 0. The quantitative estimate of drug-likeness (QED) is 0.546. The second-order valence-electron chi connectivity index (χ2n) is 5.65. The summed E-state index contributed by atoms with van der Waals surface area (Å²) in [7, 11) is 0. The Labute approximate surface area is 107 Å². The molecule has 0 aromatic heterocycles. The first kappa shape index (κ1) is 14.3. The molecule has 0 nitrogen and oxygen atoms in total. The summed E-state index contributed by atoms with van der Waals surface area (Å²) < 4.78 is 0. The van der Waals surface area contributed by atoms with Gasteiger partial charge in [-0.3, -0.25) is 0 Å². The molecule has 0 atom stereocenters. The third kappa shape index (κ3) is 5.39. The van der Waals surface area contributed by atoms with Crippen molar-refractivity contribution in [1.29, 1.82) is 0 Å². The van der Waals surface area contributed by atoms with Crippen molar-refractivity contribution in [3.63, 3.8) is 0 Å². The van der Waals surface area contributed by atoms with Crippen LogP contribution in [0.15, 0.2) is 30.3 Å². The molecule has 1 rings (SSSR count). The van der Waals surface area contributed by atoms with Crippen LogP contribution in [0.1, 0.15) is 64.9 Å². The van der Waals surface area contributed by atoms with Crippen LogP contribution in [0.5, 0.6) is 0 Å². The van der Waals surface area contributed by atoms with Crippen LogP contribution >= 0.6 is 0 Å².